The van der Waals surface area contributed by atoms with E-state index in [9.17, 15) is 9.59 Å². The van der Waals surface area contributed by atoms with Crippen molar-refractivity contribution < 1.29 is 4.79 Å². The summed E-state index contributed by atoms with van der Waals surface area (Å²) in [4.78, 5) is 34.8. The molecule has 196 valence electrons. The van der Waals surface area contributed by atoms with Crippen molar-refractivity contribution in [2.45, 2.75) is 115 Å². The lowest BCUT2D eigenvalue weighted by Crippen LogP contribution is -2.43. The predicted octanol–water partition coefficient (Wildman–Crippen LogP) is 6.01. The van der Waals surface area contributed by atoms with E-state index in [-0.39, 0.29) is 23.6 Å². The Morgan fingerprint density at radius 2 is 1.69 bits per heavy atom. The molecule has 0 atom stereocenters. The number of pyridine rings is 1. The van der Waals surface area contributed by atoms with E-state index in [4.69, 9.17) is 4.98 Å². The highest BCUT2D eigenvalue weighted by Crippen LogP contribution is 2.41. The molecule has 2 heterocycles. The van der Waals surface area contributed by atoms with Gasteiger partial charge in [-0.3, -0.25) is 14.2 Å². The fraction of sp³-hybridized carbons (Fsp3) is 0.643. The number of thioether (sulfide) groups is 1. The third kappa shape index (κ3) is 5.42. The Bertz CT molecular complexity index is 1210. The van der Waals surface area contributed by atoms with Crippen molar-refractivity contribution >= 4 is 36.8 Å². The van der Waals surface area contributed by atoms with Crippen molar-refractivity contribution in [3.05, 3.63) is 27.7 Å². The first kappa shape index (κ1) is 28.5. The van der Waals surface area contributed by atoms with Gasteiger partial charge in [0, 0.05) is 36.3 Å². The number of hydrogen-bond acceptors (Lipinski definition) is 5. The van der Waals surface area contributed by atoms with Gasteiger partial charge in [-0.05, 0) is 55.5 Å². The number of fused-ring (bicyclic) bond motifs is 1. The summed E-state index contributed by atoms with van der Waals surface area (Å²) >= 11 is 1.48. The molecule has 1 N–H and O–H groups in total. The summed E-state index contributed by atoms with van der Waals surface area (Å²) in [6.07, 6.45) is 7.16. The number of aromatic nitrogens is 3. The number of nitrogens with zero attached hydrogens (tertiary/aromatic N) is 3. The first-order valence-electron chi connectivity index (χ1n) is 13.2. The minimum Gasteiger partial charge on any atom is -0.354 e. The third-order valence-electron chi connectivity index (χ3n) is 8.08. The highest BCUT2D eigenvalue weighted by molar-refractivity contribution is 7.98. The van der Waals surface area contributed by atoms with Crippen LogP contribution < -0.4 is 10.9 Å². The smallest absolute Gasteiger partial charge is 0.256 e. The molecule has 2 aromatic rings. The number of nitrogens with one attached hydrogen (secondary N) is 1. The van der Waals surface area contributed by atoms with Gasteiger partial charge in [0.15, 0.2) is 5.16 Å². The van der Waals surface area contributed by atoms with Crippen LogP contribution in [0.2, 0.25) is 16.6 Å². The Hall–Kier alpha value is -2.11. The average molecular weight is 527 g/mol. The summed E-state index contributed by atoms with van der Waals surface area (Å²) in [6.45, 7) is 17.3. The molecule has 1 aliphatic rings. The summed E-state index contributed by atoms with van der Waals surface area (Å²) in [5, 5.41) is 4.55. The first-order valence-corrected chi connectivity index (χ1v) is 16.7. The monoisotopic (exact) mass is 526 g/mol. The van der Waals surface area contributed by atoms with Crippen LogP contribution in [0.1, 0.15) is 91.3 Å². The van der Waals surface area contributed by atoms with Crippen LogP contribution in [0.15, 0.2) is 16.1 Å². The topological polar surface area (TPSA) is 76.9 Å². The maximum atomic E-state index is 13.9. The van der Waals surface area contributed by atoms with Crippen LogP contribution in [-0.4, -0.2) is 40.8 Å². The molecule has 1 fully saturated rings. The largest absolute Gasteiger partial charge is 0.354 e. The van der Waals surface area contributed by atoms with Gasteiger partial charge < -0.3 is 5.32 Å². The second-order valence-corrected chi connectivity index (χ2v) is 17.5. The van der Waals surface area contributed by atoms with Gasteiger partial charge in [0.05, 0.1) is 5.39 Å². The Morgan fingerprint density at radius 1 is 1.11 bits per heavy atom. The lowest BCUT2D eigenvalue weighted by atomic mass is 9.90. The van der Waals surface area contributed by atoms with Crippen LogP contribution in [0.4, 0.5) is 0 Å². The van der Waals surface area contributed by atoms with Gasteiger partial charge in [0.2, 0.25) is 5.91 Å². The van der Waals surface area contributed by atoms with Gasteiger partial charge in [-0.1, -0.05) is 59.2 Å². The summed E-state index contributed by atoms with van der Waals surface area (Å²) in [5.41, 5.74) is 7.46. The Labute approximate surface area is 221 Å². The molecule has 2 aromatic heterocycles. The molecular weight excluding hydrogens is 484 g/mol. The van der Waals surface area contributed by atoms with Gasteiger partial charge in [0.25, 0.3) is 5.56 Å². The summed E-state index contributed by atoms with van der Waals surface area (Å²) in [5.74, 6) is 3.54. The zero-order valence-electron chi connectivity index (χ0n) is 23.4. The predicted molar refractivity (Wildman–Crippen MR) is 153 cm³/mol. The molecule has 0 aliphatic heterocycles. The molecule has 0 saturated heterocycles. The van der Waals surface area contributed by atoms with E-state index in [2.05, 4.69) is 63.3 Å². The van der Waals surface area contributed by atoms with Crippen molar-refractivity contribution in [3.63, 3.8) is 0 Å². The maximum absolute atomic E-state index is 13.9. The number of amides is 1. The van der Waals surface area contributed by atoms with Crippen molar-refractivity contribution in [3.8, 4) is 11.5 Å². The lowest BCUT2D eigenvalue weighted by molar-refractivity contribution is -0.119. The van der Waals surface area contributed by atoms with Crippen molar-refractivity contribution in [2.75, 3.05) is 6.26 Å². The van der Waals surface area contributed by atoms with Crippen molar-refractivity contribution in [1.29, 1.82) is 0 Å². The number of rotatable bonds is 6. The lowest BCUT2D eigenvalue weighted by Gasteiger charge is -2.38. The van der Waals surface area contributed by atoms with E-state index >= 15 is 0 Å². The SMILES string of the molecule is CSc1ncc2c(C#C[Si](C(C)C)(C(C)C)C(C)C)c(C)c(=O)n(C3CCC(NC(C)=O)CC3)c2n1. The molecule has 1 saturated carbocycles. The minimum atomic E-state index is -1.97. The number of carbonyl (C=O) groups excluding carboxylic acids is 1. The molecule has 36 heavy (non-hydrogen) atoms. The molecule has 6 nitrogen and oxygen atoms in total. The van der Waals surface area contributed by atoms with Crippen molar-refractivity contribution in [1.82, 2.24) is 19.9 Å². The summed E-state index contributed by atoms with van der Waals surface area (Å²) < 4.78 is 1.89. The zero-order chi connectivity index (χ0) is 26.8. The standard InChI is InChI=1S/C28H42N4O2SSi/c1-17(2)36(18(3)4,19(5)6)15-14-24-20(7)27(34)32(26-25(24)16-29-28(31-26)35-9)23-12-10-22(11-13-23)30-21(8)33/h16-19,22-23H,10-13H2,1-9H3,(H,30,33). The molecule has 3 rings (SSSR count). The normalized spacial score (nSPS) is 18.6. The summed E-state index contributed by atoms with van der Waals surface area (Å²) in [7, 11) is -1.97. The Morgan fingerprint density at radius 3 is 2.19 bits per heavy atom. The van der Waals surface area contributed by atoms with Crippen LogP contribution >= 0.6 is 11.8 Å². The first-order chi connectivity index (χ1) is 16.9. The molecule has 0 aromatic carbocycles. The third-order valence-corrected chi connectivity index (χ3v) is 14.9. The van der Waals surface area contributed by atoms with Crippen LogP contribution in [0.25, 0.3) is 11.0 Å². The molecular formula is C28H42N4O2SSi. The average Bonchev–Trinajstić information content (AvgIpc) is 2.81. The van der Waals surface area contributed by atoms with E-state index in [0.29, 0.717) is 33.0 Å². The van der Waals surface area contributed by atoms with E-state index in [1.165, 1.54) is 11.8 Å². The molecule has 0 radical (unpaired) electrons. The minimum absolute atomic E-state index is 0.000936. The van der Waals surface area contributed by atoms with Gasteiger partial charge in [-0.25, -0.2) is 9.97 Å². The summed E-state index contributed by atoms with van der Waals surface area (Å²) in [6, 6.07) is 0.218. The van der Waals surface area contributed by atoms with E-state index in [1.807, 2.05) is 23.9 Å². The molecule has 0 bridgehead atoms. The van der Waals surface area contributed by atoms with Crippen LogP contribution in [0.3, 0.4) is 0 Å². The van der Waals surface area contributed by atoms with Crippen molar-refractivity contribution in [2.24, 2.45) is 0 Å². The van der Waals surface area contributed by atoms with Gasteiger partial charge >= 0.3 is 0 Å². The molecule has 1 amide bonds. The molecule has 1 aliphatic carbocycles. The number of carbonyl (C=O) groups is 1. The second-order valence-electron chi connectivity index (χ2n) is 11.1. The molecule has 8 heteroatoms. The fourth-order valence-electron chi connectivity index (χ4n) is 6.27. The highest BCUT2D eigenvalue weighted by Gasteiger charge is 2.41. The van der Waals surface area contributed by atoms with Crippen LogP contribution in [0, 0.1) is 18.4 Å². The molecule has 0 unspecified atom stereocenters. The van der Waals surface area contributed by atoms with Gasteiger partial charge in [-0.15, -0.1) is 5.54 Å². The van der Waals surface area contributed by atoms with E-state index in [1.54, 1.807) is 6.92 Å². The maximum Gasteiger partial charge on any atom is 0.256 e. The Kier molecular flexibility index (Phi) is 9.10. The fourth-order valence-corrected chi connectivity index (χ4v) is 11.8. The van der Waals surface area contributed by atoms with E-state index in [0.717, 1.165) is 36.6 Å². The highest BCUT2D eigenvalue weighted by atomic mass is 32.2. The number of hydrogen-bond donors (Lipinski definition) is 1. The van der Waals surface area contributed by atoms with Gasteiger partial charge in [-0.2, -0.15) is 0 Å². The van der Waals surface area contributed by atoms with Crippen LogP contribution in [-0.2, 0) is 4.79 Å². The zero-order valence-corrected chi connectivity index (χ0v) is 25.2. The quantitative estimate of drug-likeness (QED) is 0.216. The Balaban J connectivity index is 2.20. The van der Waals surface area contributed by atoms with Gasteiger partial charge in [0.1, 0.15) is 13.7 Å². The second kappa shape index (κ2) is 11.5. The van der Waals surface area contributed by atoms with E-state index < -0.39 is 8.07 Å². The molecule has 0 spiro atoms. The van der Waals surface area contributed by atoms with Crippen LogP contribution in [0.5, 0.6) is 0 Å².